The number of benzene rings is 1. The number of nitro groups is 1. The Hall–Kier alpha value is -2.20. The molecule has 3 rings (SSSR count). The molecule has 1 aromatic carbocycles. The zero-order valence-corrected chi connectivity index (χ0v) is 17.3. The Morgan fingerprint density at radius 1 is 1.17 bits per heavy atom. The Kier molecular flexibility index (Phi) is 6.74. The molecule has 10 heteroatoms. The van der Waals surface area contributed by atoms with Crippen LogP contribution in [0.15, 0.2) is 23.1 Å². The lowest BCUT2D eigenvalue weighted by Crippen LogP contribution is -2.48. The molecule has 0 unspecified atom stereocenters. The van der Waals surface area contributed by atoms with Crippen molar-refractivity contribution in [2.24, 2.45) is 5.92 Å². The number of sulfonamides is 1. The van der Waals surface area contributed by atoms with Crippen LogP contribution in [0.2, 0.25) is 0 Å². The molecule has 29 heavy (non-hydrogen) atoms. The normalized spacial score (nSPS) is 19.1. The summed E-state index contributed by atoms with van der Waals surface area (Å²) in [5, 5.41) is 11.3. The van der Waals surface area contributed by atoms with Gasteiger partial charge in [0.15, 0.2) is 4.90 Å². The van der Waals surface area contributed by atoms with Crippen LogP contribution >= 0.6 is 0 Å². The van der Waals surface area contributed by atoms with Crippen LogP contribution in [0.3, 0.4) is 0 Å². The van der Waals surface area contributed by atoms with Crippen LogP contribution in [0, 0.1) is 16.0 Å². The van der Waals surface area contributed by atoms with Gasteiger partial charge < -0.3 is 9.64 Å². The van der Waals surface area contributed by atoms with E-state index in [9.17, 15) is 23.3 Å². The molecule has 1 amide bonds. The highest BCUT2D eigenvalue weighted by Crippen LogP contribution is 2.30. The van der Waals surface area contributed by atoms with Crippen molar-refractivity contribution in [1.29, 1.82) is 0 Å². The number of nitrogens with one attached hydrogen (secondary N) is 1. The molecule has 0 spiro atoms. The van der Waals surface area contributed by atoms with E-state index in [4.69, 9.17) is 4.74 Å². The third-order valence-electron chi connectivity index (χ3n) is 5.74. The minimum Gasteiger partial charge on any atom is -0.497 e. The molecule has 0 bridgehead atoms. The summed E-state index contributed by atoms with van der Waals surface area (Å²) in [5.41, 5.74) is -0.526. The summed E-state index contributed by atoms with van der Waals surface area (Å²) >= 11 is 0. The predicted molar refractivity (Wildman–Crippen MR) is 106 cm³/mol. The van der Waals surface area contributed by atoms with Crippen molar-refractivity contribution in [3.05, 3.63) is 28.3 Å². The number of carbonyl (C=O) groups is 1. The number of likely N-dealkylation sites (tertiary alicyclic amines) is 1. The monoisotopic (exact) mass is 425 g/mol. The molecular weight excluding hydrogens is 398 g/mol. The molecule has 1 heterocycles. The minimum absolute atomic E-state index is 0.0962. The Bertz CT molecular complexity index is 859. The van der Waals surface area contributed by atoms with Gasteiger partial charge in [0.2, 0.25) is 15.9 Å². The van der Waals surface area contributed by atoms with Gasteiger partial charge in [-0.15, -0.1) is 0 Å². The van der Waals surface area contributed by atoms with Gasteiger partial charge >= 0.3 is 0 Å². The standard InChI is InChI=1S/C19H27N3O6S/c1-28-16-7-8-18(17(13-16)22(24)25)29(26,27)20-15-9-11-21(12-10-15)19(23)14-5-3-2-4-6-14/h7-8,13-15,20H,2-6,9-12H2,1H3. The molecule has 9 nitrogen and oxygen atoms in total. The Morgan fingerprint density at radius 3 is 2.41 bits per heavy atom. The quantitative estimate of drug-likeness (QED) is 0.552. The van der Waals surface area contributed by atoms with Crippen LogP contribution in [0.25, 0.3) is 0 Å². The van der Waals surface area contributed by atoms with E-state index in [1.54, 1.807) is 0 Å². The van der Waals surface area contributed by atoms with Gasteiger partial charge in [-0.3, -0.25) is 14.9 Å². The average Bonchev–Trinajstić information content (AvgIpc) is 2.73. The van der Waals surface area contributed by atoms with Crippen LogP contribution in [-0.2, 0) is 14.8 Å². The molecule has 1 aliphatic carbocycles. The van der Waals surface area contributed by atoms with E-state index in [-0.39, 0.29) is 28.5 Å². The van der Waals surface area contributed by atoms with Crippen LogP contribution in [0.1, 0.15) is 44.9 Å². The number of piperidine rings is 1. The van der Waals surface area contributed by atoms with Crippen LogP contribution in [-0.4, -0.2) is 50.4 Å². The van der Waals surface area contributed by atoms with Crippen LogP contribution in [0.5, 0.6) is 5.75 Å². The molecule has 2 aliphatic rings. The van der Waals surface area contributed by atoms with Crippen molar-refractivity contribution >= 4 is 21.6 Å². The lowest BCUT2D eigenvalue weighted by atomic mass is 9.87. The third-order valence-corrected chi connectivity index (χ3v) is 7.30. The fourth-order valence-electron chi connectivity index (χ4n) is 4.10. The summed E-state index contributed by atoms with van der Waals surface area (Å²) in [7, 11) is -2.71. The summed E-state index contributed by atoms with van der Waals surface area (Å²) in [6.45, 7) is 0.987. The maximum atomic E-state index is 12.8. The lowest BCUT2D eigenvalue weighted by molar-refractivity contribution is -0.387. The zero-order valence-electron chi connectivity index (χ0n) is 16.5. The first-order valence-corrected chi connectivity index (χ1v) is 11.4. The van der Waals surface area contributed by atoms with Crippen molar-refractivity contribution < 1.29 is 22.9 Å². The SMILES string of the molecule is COc1ccc(S(=O)(=O)NC2CCN(C(=O)C3CCCCC3)CC2)c([N+](=O)[O-])c1. The van der Waals surface area contributed by atoms with Gasteiger partial charge in [-0.05, 0) is 37.8 Å². The molecule has 0 aromatic heterocycles. The summed E-state index contributed by atoms with van der Waals surface area (Å²) in [6, 6.07) is 3.30. The summed E-state index contributed by atoms with van der Waals surface area (Å²) < 4.78 is 33.0. The first-order chi connectivity index (χ1) is 13.8. The summed E-state index contributed by atoms with van der Waals surface area (Å²) in [6.07, 6.45) is 6.22. The van der Waals surface area contributed by atoms with E-state index in [2.05, 4.69) is 4.72 Å². The molecule has 1 saturated heterocycles. The van der Waals surface area contributed by atoms with E-state index in [1.807, 2.05) is 4.90 Å². The molecule has 1 saturated carbocycles. The highest BCUT2D eigenvalue weighted by molar-refractivity contribution is 7.89. The average molecular weight is 426 g/mol. The maximum Gasteiger partial charge on any atom is 0.293 e. The number of nitrogens with zero attached hydrogens (tertiary/aromatic N) is 2. The molecule has 1 N–H and O–H groups in total. The summed E-state index contributed by atoms with van der Waals surface area (Å²) in [4.78, 5) is 24.7. The van der Waals surface area contributed by atoms with E-state index in [0.29, 0.717) is 25.9 Å². The number of amides is 1. The molecule has 1 aromatic rings. The maximum absolute atomic E-state index is 12.8. The fourth-order valence-corrected chi connectivity index (χ4v) is 5.56. The number of carbonyl (C=O) groups excluding carboxylic acids is 1. The van der Waals surface area contributed by atoms with Gasteiger partial charge in [0, 0.05) is 25.0 Å². The smallest absolute Gasteiger partial charge is 0.293 e. The number of ether oxygens (including phenoxy) is 1. The second-order valence-corrected chi connectivity index (χ2v) is 9.33. The van der Waals surface area contributed by atoms with E-state index >= 15 is 0 Å². The number of hydrogen-bond donors (Lipinski definition) is 1. The van der Waals surface area contributed by atoms with E-state index in [0.717, 1.165) is 31.7 Å². The van der Waals surface area contributed by atoms with Crippen molar-refractivity contribution in [2.75, 3.05) is 20.2 Å². The first-order valence-electron chi connectivity index (χ1n) is 9.95. The van der Waals surface area contributed by atoms with Crippen molar-refractivity contribution in [3.8, 4) is 5.75 Å². The van der Waals surface area contributed by atoms with Crippen molar-refractivity contribution in [3.63, 3.8) is 0 Å². The van der Waals surface area contributed by atoms with E-state index < -0.39 is 20.6 Å². The highest BCUT2D eigenvalue weighted by atomic mass is 32.2. The van der Waals surface area contributed by atoms with Crippen molar-refractivity contribution in [2.45, 2.75) is 55.9 Å². The van der Waals surface area contributed by atoms with Gasteiger partial charge in [0.1, 0.15) is 5.75 Å². The topological polar surface area (TPSA) is 119 Å². The van der Waals surface area contributed by atoms with Crippen molar-refractivity contribution in [1.82, 2.24) is 9.62 Å². The van der Waals surface area contributed by atoms with Crippen LogP contribution < -0.4 is 9.46 Å². The zero-order chi connectivity index (χ0) is 21.0. The van der Waals surface area contributed by atoms with Gasteiger partial charge in [0.05, 0.1) is 18.1 Å². The Balaban J connectivity index is 1.64. The van der Waals surface area contributed by atoms with Gasteiger partial charge in [-0.2, -0.15) is 0 Å². The highest BCUT2D eigenvalue weighted by Gasteiger charge is 2.33. The number of rotatable bonds is 6. The summed E-state index contributed by atoms with van der Waals surface area (Å²) in [5.74, 6) is 0.487. The Morgan fingerprint density at radius 2 is 1.83 bits per heavy atom. The Labute approximate surface area is 170 Å². The molecular formula is C19H27N3O6S. The predicted octanol–water partition coefficient (Wildman–Crippen LogP) is 2.45. The van der Waals surface area contributed by atoms with Gasteiger partial charge in [-0.25, -0.2) is 13.1 Å². The fraction of sp³-hybridized carbons (Fsp3) is 0.632. The van der Waals surface area contributed by atoms with E-state index in [1.165, 1.54) is 25.7 Å². The largest absolute Gasteiger partial charge is 0.497 e. The molecule has 0 atom stereocenters. The first kappa shape index (κ1) is 21.5. The van der Waals surface area contributed by atoms with Gasteiger partial charge in [-0.1, -0.05) is 19.3 Å². The second-order valence-electron chi connectivity index (χ2n) is 7.65. The minimum atomic E-state index is -4.07. The molecule has 160 valence electrons. The third kappa shape index (κ3) is 5.05. The second kappa shape index (κ2) is 9.08. The molecule has 0 radical (unpaired) electrons. The van der Waals surface area contributed by atoms with Gasteiger partial charge in [0.25, 0.3) is 5.69 Å². The molecule has 1 aliphatic heterocycles. The number of methoxy groups -OCH3 is 1. The molecule has 2 fully saturated rings. The number of hydrogen-bond acceptors (Lipinski definition) is 6. The van der Waals surface area contributed by atoms with Crippen LogP contribution in [0.4, 0.5) is 5.69 Å². The lowest BCUT2D eigenvalue weighted by Gasteiger charge is -2.35. The number of nitro benzene ring substituents is 1.